The van der Waals surface area contributed by atoms with Crippen molar-refractivity contribution < 1.29 is 50.1 Å². The van der Waals surface area contributed by atoms with Gasteiger partial charge in [0.05, 0.1) is 31.7 Å². The summed E-state index contributed by atoms with van der Waals surface area (Å²) in [5.74, 6) is -3.36. The molecule has 16 nitrogen and oxygen atoms in total. The molecule has 1 rings (SSSR count). The van der Waals surface area contributed by atoms with E-state index in [-0.39, 0.29) is 19.1 Å². The Balaban J connectivity index is -0.000000218. The summed E-state index contributed by atoms with van der Waals surface area (Å²) in [6.45, 7) is 6.00. The van der Waals surface area contributed by atoms with Crippen molar-refractivity contribution in [3.05, 3.63) is 18.2 Å². The van der Waals surface area contributed by atoms with E-state index in [4.69, 9.17) is 42.1 Å². The predicted octanol–water partition coefficient (Wildman–Crippen LogP) is -2.37. The van der Waals surface area contributed by atoms with Crippen LogP contribution in [0.25, 0.3) is 0 Å². The first-order valence-electron chi connectivity index (χ1n) is 11.7. The number of likely N-dealkylation sites (N-methyl/N-ethyl adjacent to an activating group) is 1. The number of aliphatic hydroxyl groups excluding tert-OH is 4. The van der Waals surface area contributed by atoms with Crippen LogP contribution in [0, 0.1) is 0 Å². The number of carboxylic acid groups (broad SMARTS) is 3. The van der Waals surface area contributed by atoms with Gasteiger partial charge in [0, 0.05) is 17.8 Å². The summed E-state index contributed by atoms with van der Waals surface area (Å²) in [5, 5.41) is 57.7. The summed E-state index contributed by atoms with van der Waals surface area (Å²) in [6, 6.07) is -2.31. The first-order valence-corrected chi connectivity index (χ1v) is 11.7. The zero-order valence-corrected chi connectivity index (χ0v) is 24.3. The number of carboxylic acids is 3. The highest BCUT2D eigenvalue weighted by molar-refractivity contribution is 5.79. The molecule has 0 aliphatic rings. The van der Waals surface area contributed by atoms with E-state index in [9.17, 15) is 19.5 Å². The molecule has 1 heterocycles. The summed E-state index contributed by atoms with van der Waals surface area (Å²) in [5.41, 5.74) is 9.71. The van der Waals surface area contributed by atoms with Gasteiger partial charge in [0.15, 0.2) is 0 Å². The normalized spacial score (nSPS) is 15.5. The summed E-state index contributed by atoms with van der Waals surface area (Å²) < 4.78 is 0. The van der Waals surface area contributed by atoms with Gasteiger partial charge in [-0.2, -0.15) is 0 Å². The van der Waals surface area contributed by atoms with E-state index >= 15 is 0 Å². The molecule has 6 atom stereocenters. The van der Waals surface area contributed by atoms with Gasteiger partial charge < -0.3 is 57.1 Å². The van der Waals surface area contributed by atoms with Crippen molar-refractivity contribution in [1.29, 1.82) is 0 Å². The second kappa shape index (κ2) is 23.2. The van der Waals surface area contributed by atoms with Crippen LogP contribution in [0.4, 0.5) is 0 Å². The van der Waals surface area contributed by atoms with Crippen molar-refractivity contribution in [3.8, 4) is 0 Å². The number of carbonyl (C=O) groups is 3. The smallest absolute Gasteiger partial charge is 0.324 e. The van der Waals surface area contributed by atoms with Gasteiger partial charge in [0.25, 0.3) is 0 Å². The SMILES string of the molecule is CC(c1cnc[nH]1)[C@@](C)(C(=O)O)N(C)C.CN(C)C.C[C@@H](O)[C@H](N)C(=O)O.C[C@@H](O)[C@H](N)C(=O)O.OCCO. The molecule has 0 fully saturated rings. The number of aromatic nitrogens is 2. The number of hydrogen-bond donors (Lipinski definition) is 10. The van der Waals surface area contributed by atoms with E-state index in [0.29, 0.717) is 0 Å². The third-order valence-corrected chi connectivity index (χ3v) is 4.90. The fourth-order valence-corrected chi connectivity index (χ4v) is 1.98. The monoisotopic (exact) mass is 570 g/mol. The summed E-state index contributed by atoms with van der Waals surface area (Å²) in [4.78, 5) is 41.6. The quantitative estimate of drug-likeness (QED) is 0.148. The van der Waals surface area contributed by atoms with Crippen LogP contribution in [0.3, 0.4) is 0 Å². The Bertz CT molecular complexity index is 734. The Morgan fingerprint density at radius 2 is 1.23 bits per heavy atom. The largest absolute Gasteiger partial charge is 0.480 e. The molecule has 1 aromatic heterocycles. The molecular weight excluding hydrogens is 520 g/mol. The standard InChI is InChI=1S/C10H17N3O2.2C4H9NO3.C3H9N.C2H6O2/c1-7(8-5-11-6-12-8)10(2,9(14)15)13(3)4;2*1-2(6)3(5)4(7)8;1-4(2)3;3-1-2-4/h5-7H,1-4H3,(H,11,12)(H,14,15);2*2-3,6H,5H2,1H3,(H,7,8);1-3H3;3-4H,1-2H2/t7?,10-;2*2-,3+;;/m011../s1. The molecule has 0 radical (unpaired) electrons. The molecule has 0 saturated heterocycles. The van der Waals surface area contributed by atoms with Crippen LogP contribution in [-0.2, 0) is 14.4 Å². The van der Waals surface area contributed by atoms with E-state index in [1.165, 1.54) is 13.8 Å². The number of hydrogen-bond acceptors (Lipinski definition) is 12. The minimum atomic E-state index is -1.18. The number of nitrogens with two attached hydrogens (primary N) is 2. The van der Waals surface area contributed by atoms with Gasteiger partial charge >= 0.3 is 17.9 Å². The summed E-state index contributed by atoms with van der Waals surface area (Å²) in [6.07, 6.45) is 1.26. The molecule has 0 aliphatic heterocycles. The maximum atomic E-state index is 11.3. The third-order valence-electron chi connectivity index (χ3n) is 4.90. The van der Waals surface area contributed by atoms with Gasteiger partial charge in [-0.05, 0) is 56.0 Å². The highest BCUT2D eigenvalue weighted by atomic mass is 16.4. The van der Waals surface area contributed by atoms with Gasteiger partial charge in [-0.1, -0.05) is 6.92 Å². The highest BCUT2D eigenvalue weighted by Gasteiger charge is 2.42. The first-order chi connectivity index (χ1) is 17.7. The van der Waals surface area contributed by atoms with Crippen molar-refractivity contribution in [1.82, 2.24) is 19.8 Å². The van der Waals surface area contributed by atoms with Crippen molar-refractivity contribution in [2.75, 3.05) is 48.5 Å². The first kappa shape index (κ1) is 43.4. The molecule has 12 N–H and O–H groups in total. The molecule has 0 aliphatic carbocycles. The van der Waals surface area contributed by atoms with Gasteiger partial charge in [-0.25, -0.2) is 4.98 Å². The number of imidazole rings is 1. The highest BCUT2D eigenvalue weighted by Crippen LogP contribution is 2.30. The average Bonchev–Trinajstić information content (AvgIpc) is 3.37. The molecule has 0 amide bonds. The molecule has 0 bridgehead atoms. The molecular formula is C23H50N6O10. The predicted molar refractivity (Wildman–Crippen MR) is 145 cm³/mol. The number of nitrogens with zero attached hydrogens (tertiary/aromatic N) is 3. The van der Waals surface area contributed by atoms with Crippen molar-refractivity contribution in [2.45, 2.75) is 63.4 Å². The zero-order valence-electron chi connectivity index (χ0n) is 24.3. The number of nitrogens with one attached hydrogen (secondary N) is 1. The minimum Gasteiger partial charge on any atom is -0.480 e. The molecule has 0 saturated carbocycles. The fraction of sp³-hybridized carbons (Fsp3) is 0.739. The fourth-order valence-electron chi connectivity index (χ4n) is 1.98. The van der Waals surface area contributed by atoms with Crippen LogP contribution >= 0.6 is 0 Å². The van der Waals surface area contributed by atoms with Gasteiger partial charge in [0.2, 0.25) is 0 Å². The minimum absolute atomic E-state index is 0.125. The lowest BCUT2D eigenvalue weighted by Crippen LogP contribution is -2.52. The van der Waals surface area contributed by atoms with Crippen LogP contribution in [0.1, 0.15) is 39.3 Å². The molecule has 16 heteroatoms. The molecule has 0 aromatic carbocycles. The molecule has 1 aromatic rings. The maximum Gasteiger partial charge on any atom is 0.324 e. The Morgan fingerprint density at radius 1 is 0.897 bits per heavy atom. The molecule has 39 heavy (non-hydrogen) atoms. The van der Waals surface area contributed by atoms with Crippen molar-refractivity contribution >= 4 is 17.9 Å². The Labute approximate surface area is 229 Å². The Kier molecular flexibility index (Phi) is 25.8. The topological polar surface area (TPSA) is 280 Å². The van der Waals surface area contributed by atoms with Crippen molar-refractivity contribution in [3.63, 3.8) is 0 Å². The van der Waals surface area contributed by atoms with E-state index in [1.54, 1.807) is 38.4 Å². The molecule has 1 unspecified atom stereocenters. The number of H-pyrrole nitrogens is 1. The zero-order chi connectivity index (χ0) is 32.1. The van der Waals surface area contributed by atoms with Crippen LogP contribution in [0.5, 0.6) is 0 Å². The van der Waals surface area contributed by atoms with Gasteiger partial charge in [0.1, 0.15) is 17.6 Å². The number of aromatic amines is 1. The van der Waals surface area contributed by atoms with Crippen LogP contribution in [-0.4, -0.2) is 152 Å². The van der Waals surface area contributed by atoms with Gasteiger partial charge in [-0.3, -0.25) is 19.3 Å². The van der Waals surface area contributed by atoms with Crippen LogP contribution in [0.15, 0.2) is 12.5 Å². The lowest BCUT2D eigenvalue weighted by molar-refractivity contribution is -0.150. The van der Waals surface area contributed by atoms with Crippen molar-refractivity contribution in [2.24, 2.45) is 11.5 Å². The maximum absolute atomic E-state index is 11.3. The van der Waals surface area contributed by atoms with E-state index < -0.39 is 47.7 Å². The van der Waals surface area contributed by atoms with E-state index in [2.05, 4.69) is 9.97 Å². The number of aliphatic hydroxyl groups is 4. The van der Waals surface area contributed by atoms with Crippen LogP contribution in [0.2, 0.25) is 0 Å². The average molecular weight is 571 g/mol. The summed E-state index contributed by atoms with van der Waals surface area (Å²) in [7, 11) is 9.53. The second-order valence-electron chi connectivity index (χ2n) is 9.07. The molecule has 0 spiro atoms. The van der Waals surface area contributed by atoms with Crippen LogP contribution < -0.4 is 11.5 Å². The summed E-state index contributed by atoms with van der Waals surface area (Å²) >= 11 is 0. The number of rotatable bonds is 9. The Hall–Kier alpha value is -2.70. The van der Waals surface area contributed by atoms with E-state index in [1.807, 2.05) is 33.0 Å². The second-order valence-corrected chi connectivity index (χ2v) is 9.07. The Morgan fingerprint density at radius 3 is 1.36 bits per heavy atom. The molecule has 232 valence electrons. The number of aliphatic carboxylic acids is 3. The third kappa shape index (κ3) is 20.9. The lowest BCUT2D eigenvalue weighted by atomic mass is 9.84. The van der Waals surface area contributed by atoms with E-state index in [0.717, 1.165) is 5.69 Å². The lowest BCUT2D eigenvalue weighted by Gasteiger charge is -2.36. The van der Waals surface area contributed by atoms with Gasteiger partial charge in [-0.15, -0.1) is 0 Å².